The molecule has 1 heterocycles. The smallest absolute Gasteiger partial charge is 0.191 e. The van der Waals surface area contributed by atoms with E-state index in [2.05, 4.69) is 29.4 Å². The second kappa shape index (κ2) is 9.82. The first-order valence-electron chi connectivity index (χ1n) is 8.09. The van der Waals surface area contributed by atoms with Crippen LogP contribution in [0.3, 0.4) is 0 Å². The van der Waals surface area contributed by atoms with E-state index in [4.69, 9.17) is 4.99 Å². The molecule has 1 atom stereocenters. The van der Waals surface area contributed by atoms with E-state index in [1.807, 2.05) is 0 Å². The van der Waals surface area contributed by atoms with E-state index in [0.29, 0.717) is 0 Å². The van der Waals surface area contributed by atoms with Gasteiger partial charge < -0.3 is 15.5 Å². The van der Waals surface area contributed by atoms with Crippen LogP contribution < -0.4 is 10.6 Å². The van der Waals surface area contributed by atoms with Gasteiger partial charge in [0.15, 0.2) is 5.96 Å². The van der Waals surface area contributed by atoms with Gasteiger partial charge in [0.25, 0.3) is 0 Å². The number of rotatable bonds is 7. The normalized spacial score (nSPS) is 23.5. The number of hydrogen-bond acceptors (Lipinski definition) is 2. The third kappa shape index (κ3) is 6.16. The quantitative estimate of drug-likeness (QED) is 0.302. The van der Waals surface area contributed by atoms with Crippen molar-refractivity contribution >= 4 is 29.9 Å². The highest BCUT2D eigenvalue weighted by atomic mass is 127. The number of unbranched alkanes of at least 4 members (excludes halogenated alkanes) is 1. The van der Waals surface area contributed by atoms with Crippen molar-refractivity contribution in [2.75, 3.05) is 32.7 Å². The van der Waals surface area contributed by atoms with Crippen LogP contribution in [-0.2, 0) is 0 Å². The van der Waals surface area contributed by atoms with Gasteiger partial charge in [0.1, 0.15) is 0 Å². The third-order valence-corrected chi connectivity index (χ3v) is 4.06. The molecule has 1 saturated carbocycles. The van der Waals surface area contributed by atoms with E-state index in [0.717, 1.165) is 37.6 Å². The van der Waals surface area contributed by atoms with Crippen molar-refractivity contribution in [3.8, 4) is 0 Å². The Morgan fingerprint density at radius 2 is 2.00 bits per heavy atom. The van der Waals surface area contributed by atoms with Crippen LogP contribution in [0.25, 0.3) is 0 Å². The maximum atomic E-state index is 4.75. The maximum absolute atomic E-state index is 4.75. The van der Waals surface area contributed by atoms with Gasteiger partial charge in [-0.2, -0.15) is 0 Å². The standard InChI is InChI=1S/C15H30N4.HI/c1-3-5-9-17-15(16-4-2)18-11-13-8-10-19(12-13)14-6-7-14;/h13-14H,3-12H2,1-2H3,(H2,16,17,18);1H. The summed E-state index contributed by atoms with van der Waals surface area (Å²) in [6.07, 6.45) is 6.62. The van der Waals surface area contributed by atoms with Crippen molar-refractivity contribution in [3.63, 3.8) is 0 Å². The summed E-state index contributed by atoms with van der Waals surface area (Å²) < 4.78 is 0. The highest BCUT2D eigenvalue weighted by Crippen LogP contribution is 2.31. The van der Waals surface area contributed by atoms with Crippen LogP contribution >= 0.6 is 24.0 Å². The number of halogens is 1. The summed E-state index contributed by atoms with van der Waals surface area (Å²) in [5.41, 5.74) is 0. The van der Waals surface area contributed by atoms with E-state index in [-0.39, 0.29) is 24.0 Å². The van der Waals surface area contributed by atoms with Crippen LogP contribution in [-0.4, -0.2) is 49.6 Å². The largest absolute Gasteiger partial charge is 0.357 e. The van der Waals surface area contributed by atoms with Gasteiger partial charge in [-0.25, -0.2) is 0 Å². The first-order chi connectivity index (χ1) is 9.33. The zero-order valence-electron chi connectivity index (χ0n) is 13.0. The van der Waals surface area contributed by atoms with Crippen molar-refractivity contribution in [1.29, 1.82) is 0 Å². The molecule has 2 rings (SSSR count). The minimum atomic E-state index is 0. The van der Waals surface area contributed by atoms with Crippen LogP contribution in [0.5, 0.6) is 0 Å². The van der Waals surface area contributed by atoms with Crippen molar-refractivity contribution in [2.45, 2.75) is 52.0 Å². The SMILES string of the molecule is CCCCNC(=NCC1CCN(C2CC2)C1)NCC.I. The minimum Gasteiger partial charge on any atom is -0.357 e. The monoisotopic (exact) mass is 394 g/mol. The summed E-state index contributed by atoms with van der Waals surface area (Å²) in [5, 5.41) is 6.75. The fourth-order valence-electron chi connectivity index (χ4n) is 2.73. The van der Waals surface area contributed by atoms with Crippen LogP contribution in [0, 0.1) is 5.92 Å². The van der Waals surface area contributed by atoms with Crippen LogP contribution in [0.1, 0.15) is 46.0 Å². The lowest BCUT2D eigenvalue weighted by Crippen LogP contribution is -2.38. The number of likely N-dealkylation sites (tertiary alicyclic amines) is 1. The Labute approximate surface area is 141 Å². The Bertz CT molecular complexity index is 292. The van der Waals surface area contributed by atoms with E-state index in [1.54, 1.807) is 0 Å². The van der Waals surface area contributed by atoms with Crippen LogP contribution in [0.2, 0.25) is 0 Å². The van der Waals surface area contributed by atoms with Crippen molar-refractivity contribution in [1.82, 2.24) is 15.5 Å². The lowest BCUT2D eigenvalue weighted by Gasteiger charge is -2.15. The average molecular weight is 394 g/mol. The second-order valence-electron chi connectivity index (χ2n) is 5.88. The molecule has 1 saturated heterocycles. The van der Waals surface area contributed by atoms with Gasteiger partial charge in [0.2, 0.25) is 0 Å². The number of aliphatic imine (C=N–C) groups is 1. The summed E-state index contributed by atoms with van der Waals surface area (Å²) in [6.45, 7) is 9.86. The van der Waals surface area contributed by atoms with E-state index in [1.165, 1.54) is 45.2 Å². The van der Waals surface area contributed by atoms with Crippen molar-refractivity contribution in [3.05, 3.63) is 0 Å². The maximum Gasteiger partial charge on any atom is 0.191 e. The number of guanidine groups is 1. The lowest BCUT2D eigenvalue weighted by atomic mass is 10.1. The van der Waals surface area contributed by atoms with Gasteiger partial charge in [-0.3, -0.25) is 4.99 Å². The zero-order valence-corrected chi connectivity index (χ0v) is 15.4. The van der Waals surface area contributed by atoms with E-state index < -0.39 is 0 Å². The van der Waals surface area contributed by atoms with Gasteiger partial charge in [0, 0.05) is 32.2 Å². The predicted molar refractivity (Wildman–Crippen MR) is 97.0 cm³/mol. The molecule has 2 fully saturated rings. The van der Waals surface area contributed by atoms with Crippen molar-refractivity contribution in [2.24, 2.45) is 10.9 Å². The van der Waals surface area contributed by atoms with Gasteiger partial charge in [-0.05, 0) is 45.1 Å². The van der Waals surface area contributed by atoms with E-state index >= 15 is 0 Å². The molecular weight excluding hydrogens is 363 g/mol. The average Bonchev–Trinajstić information content (AvgIpc) is 3.16. The summed E-state index contributed by atoms with van der Waals surface area (Å²) in [4.78, 5) is 7.41. The van der Waals surface area contributed by atoms with Crippen LogP contribution in [0.15, 0.2) is 4.99 Å². The Kier molecular flexibility index (Phi) is 8.84. The van der Waals surface area contributed by atoms with Crippen LogP contribution in [0.4, 0.5) is 0 Å². The molecule has 0 spiro atoms. The number of nitrogens with one attached hydrogen (secondary N) is 2. The molecule has 0 aromatic heterocycles. The van der Waals surface area contributed by atoms with Gasteiger partial charge in [-0.1, -0.05) is 13.3 Å². The number of nitrogens with zero attached hydrogens (tertiary/aromatic N) is 2. The summed E-state index contributed by atoms with van der Waals surface area (Å²) in [5.74, 6) is 1.77. The highest BCUT2D eigenvalue weighted by Gasteiger charge is 2.34. The predicted octanol–water partition coefficient (Wildman–Crippen LogP) is 2.44. The molecule has 118 valence electrons. The Morgan fingerprint density at radius 3 is 2.65 bits per heavy atom. The molecule has 0 aromatic rings. The van der Waals surface area contributed by atoms with Gasteiger partial charge >= 0.3 is 0 Å². The molecule has 0 aromatic carbocycles. The number of hydrogen-bond donors (Lipinski definition) is 2. The topological polar surface area (TPSA) is 39.7 Å². The molecule has 1 aliphatic heterocycles. The molecule has 1 aliphatic carbocycles. The molecule has 1 unspecified atom stereocenters. The minimum absolute atomic E-state index is 0. The summed E-state index contributed by atoms with van der Waals surface area (Å²) in [6, 6.07) is 0.921. The Balaban J connectivity index is 0.00000200. The summed E-state index contributed by atoms with van der Waals surface area (Å²) >= 11 is 0. The molecule has 20 heavy (non-hydrogen) atoms. The molecule has 2 N–H and O–H groups in total. The van der Waals surface area contributed by atoms with Crippen molar-refractivity contribution < 1.29 is 0 Å². The fourth-order valence-corrected chi connectivity index (χ4v) is 2.73. The molecular formula is C15H31IN4. The molecule has 2 aliphatic rings. The second-order valence-corrected chi connectivity index (χ2v) is 5.88. The Hall–Kier alpha value is -0.0400. The highest BCUT2D eigenvalue weighted by molar-refractivity contribution is 14.0. The molecule has 5 heteroatoms. The molecule has 0 radical (unpaired) electrons. The fraction of sp³-hybridized carbons (Fsp3) is 0.933. The molecule has 0 amide bonds. The zero-order chi connectivity index (χ0) is 13.5. The Morgan fingerprint density at radius 1 is 1.20 bits per heavy atom. The van der Waals surface area contributed by atoms with Gasteiger partial charge in [0.05, 0.1) is 0 Å². The molecule has 0 bridgehead atoms. The first kappa shape index (κ1) is 18.0. The lowest BCUT2D eigenvalue weighted by molar-refractivity contribution is 0.315. The molecule has 4 nitrogen and oxygen atoms in total. The van der Waals surface area contributed by atoms with Gasteiger partial charge in [-0.15, -0.1) is 24.0 Å². The van der Waals surface area contributed by atoms with E-state index in [9.17, 15) is 0 Å². The first-order valence-corrected chi connectivity index (χ1v) is 8.09. The summed E-state index contributed by atoms with van der Waals surface area (Å²) in [7, 11) is 0. The third-order valence-electron chi connectivity index (χ3n) is 4.06.